The zero-order valence-corrected chi connectivity index (χ0v) is 10.6. The van der Waals surface area contributed by atoms with E-state index in [1.54, 1.807) is 11.0 Å². The minimum atomic E-state index is -0.423. The van der Waals surface area contributed by atoms with Crippen molar-refractivity contribution in [3.05, 3.63) is 29.6 Å². The number of benzene rings is 1. The number of amides is 1. The molecule has 6 heteroatoms. The van der Waals surface area contributed by atoms with Crippen molar-refractivity contribution in [2.24, 2.45) is 0 Å². The van der Waals surface area contributed by atoms with Crippen LogP contribution in [-0.2, 0) is 4.74 Å². The van der Waals surface area contributed by atoms with Crippen LogP contribution in [0.25, 0.3) is 0 Å². The maximum Gasteiger partial charge on any atom is 0.409 e. The Morgan fingerprint density at radius 1 is 1.37 bits per heavy atom. The van der Waals surface area contributed by atoms with Crippen LogP contribution >= 0.6 is 0 Å². The largest absolute Gasteiger partial charge is 0.453 e. The smallest absolute Gasteiger partial charge is 0.409 e. The fraction of sp³-hybridized carbons (Fsp3) is 0.385. The van der Waals surface area contributed by atoms with E-state index < -0.39 is 5.82 Å². The van der Waals surface area contributed by atoms with Crippen molar-refractivity contribution in [3.63, 3.8) is 0 Å². The predicted molar refractivity (Wildman–Crippen MR) is 67.3 cm³/mol. The van der Waals surface area contributed by atoms with Crippen LogP contribution in [0.1, 0.15) is 5.56 Å². The Balaban J connectivity index is 2.10. The van der Waals surface area contributed by atoms with Crippen molar-refractivity contribution >= 4 is 11.8 Å². The van der Waals surface area contributed by atoms with E-state index in [4.69, 9.17) is 5.26 Å². The summed E-state index contributed by atoms with van der Waals surface area (Å²) in [4.78, 5) is 14.9. The van der Waals surface area contributed by atoms with E-state index in [1.807, 2.05) is 11.0 Å². The van der Waals surface area contributed by atoms with Gasteiger partial charge < -0.3 is 14.5 Å². The van der Waals surface area contributed by atoms with Crippen molar-refractivity contribution < 1.29 is 13.9 Å². The van der Waals surface area contributed by atoms with Gasteiger partial charge in [0.25, 0.3) is 0 Å². The second kappa shape index (κ2) is 5.57. The zero-order chi connectivity index (χ0) is 13.8. The van der Waals surface area contributed by atoms with E-state index in [-0.39, 0.29) is 6.09 Å². The molecule has 1 aromatic carbocycles. The van der Waals surface area contributed by atoms with Gasteiger partial charge in [0.2, 0.25) is 0 Å². The molecule has 0 saturated carbocycles. The van der Waals surface area contributed by atoms with Crippen molar-refractivity contribution in [2.75, 3.05) is 38.2 Å². The lowest BCUT2D eigenvalue weighted by molar-refractivity contribution is 0.121. The van der Waals surface area contributed by atoms with Crippen LogP contribution in [0.3, 0.4) is 0 Å². The Morgan fingerprint density at radius 3 is 2.63 bits per heavy atom. The van der Waals surface area contributed by atoms with Crippen LogP contribution in [0, 0.1) is 17.1 Å². The summed E-state index contributed by atoms with van der Waals surface area (Å²) >= 11 is 0. The Labute approximate surface area is 110 Å². The molecule has 0 atom stereocenters. The first-order valence-electron chi connectivity index (χ1n) is 5.93. The van der Waals surface area contributed by atoms with Crippen molar-refractivity contribution in [1.82, 2.24) is 4.90 Å². The molecule has 1 fully saturated rings. The summed E-state index contributed by atoms with van der Waals surface area (Å²) in [5.41, 5.74) is 1.01. The van der Waals surface area contributed by atoms with E-state index in [9.17, 15) is 9.18 Å². The minimum Gasteiger partial charge on any atom is -0.453 e. The van der Waals surface area contributed by atoms with Crippen LogP contribution < -0.4 is 4.90 Å². The highest BCUT2D eigenvalue weighted by Crippen LogP contribution is 2.22. The zero-order valence-electron chi connectivity index (χ0n) is 10.6. The second-order valence-electron chi connectivity index (χ2n) is 4.22. The number of rotatable bonds is 1. The molecule has 5 nitrogen and oxygen atoms in total. The summed E-state index contributed by atoms with van der Waals surface area (Å²) in [5, 5.41) is 9.02. The van der Waals surface area contributed by atoms with Gasteiger partial charge in [0.1, 0.15) is 11.9 Å². The lowest BCUT2D eigenvalue weighted by atomic mass is 10.1. The monoisotopic (exact) mass is 263 g/mol. The van der Waals surface area contributed by atoms with Crippen LogP contribution in [0.15, 0.2) is 18.2 Å². The molecule has 1 heterocycles. The summed E-state index contributed by atoms with van der Waals surface area (Å²) < 4.78 is 17.7. The SMILES string of the molecule is COC(=O)N1CCN(c2ccc(F)cc2C#N)CC1. The third kappa shape index (κ3) is 2.76. The molecule has 0 bridgehead atoms. The molecule has 1 amide bonds. The molecule has 2 rings (SSSR count). The van der Waals surface area contributed by atoms with Crippen LogP contribution in [-0.4, -0.2) is 44.3 Å². The predicted octanol–water partition coefficient (Wildman–Crippen LogP) is 1.59. The maximum absolute atomic E-state index is 13.1. The summed E-state index contributed by atoms with van der Waals surface area (Å²) in [5.74, 6) is -0.423. The number of carbonyl (C=O) groups is 1. The average molecular weight is 263 g/mol. The number of methoxy groups -OCH3 is 1. The first kappa shape index (κ1) is 13.1. The molecular formula is C13H14FN3O2. The van der Waals surface area contributed by atoms with E-state index in [1.165, 1.54) is 19.2 Å². The number of halogens is 1. The molecule has 1 saturated heterocycles. The fourth-order valence-corrected chi connectivity index (χ4v) is 2.13. The topological polar surface area (TPSA) is 56.6 Å². The first-order chi connectivity index (χ1) is 9.15. The molecule has 0 spiro atoms. The Morgan fingerprint density at radius 2 is 2.05 bits per heavy atom. The third-order valence-corrected chi connectivity index (χ3v) is 3.13. The van der Waals surface area contributed by atoms with Gasteiger partial charge in [-0.25, -0.2) is 9.18 Å². The normalized spacial score (nSPS) is 15.0. The Kier molecular flexibility index (Phi) is 3.85. The lowest BCUT2D eigenvalue weighted by Gasteiger charge is -2.35. The number of anilines is 1. The lowest BCUT2D eigenvalue weighted by Crippen LogP contribution is -2.49. The number of ether oxygens (including phenoxy) is 1. The van der Waals surface area contributed by atoms with Crippen LogP contribution in [0.4, 0.5) is 14.9 Å². The highest BCUT2D eigenvalue weighted by Gasteiger charge is 2.23. The Bertz CT molecular complexity index is 519. The number of hydrogen-bond acceptors (Lipinski definition) is 4. The van der Waals surface area contributed by atoms with Gasteiger partial charge in [0, 0.05) is 26.2 Å². The third-order valence-electron chi connectivity index (χ3n) is 3.13. The summed E-state index contributed by atoms with van der Waals surface area (Å²) in [6, 6.07) is 6.15. The molecule has 0 radical (unpaired) electrons. The quantitative estimate of drug-likeness (QED) is 0.772. The van der Waals surface area contributed by atoms with Gasteiger partial charge in [-0.3, -0.25) is 0 Å². The number of piperazine rings is 1. The van der Waals surface area contributed by atoms with Gasteiger partial charge >= 0.3 is 6.09 Å². The van der Waals surface area contributed by atoms with Crippen LogP contribution in [0.2, 0.25) is 0 Å². The van der Waals surface area contributed by atoms with E-state index >= 15 is 0 Å². The second-order valence-corrected chi connectivity index (χ2v) is 4.22. The summed E-state index contributed by atoms with van der Waals surface area (Å²) in [6.07, 6.45) is -0.348. The molecule has 0 aliphatic carbocycles. The van der Waals surface area contributed by atoms with Crippen molar-refractivity contribution in [2.45, 2.75) is 0 Å². The fourth-order valence-electron chi connectivity index (χ4n) is 2.13. The molecule has 0 unspecified atom stereocenters. The molecule has 1 aliphatic rings. The molecule has 0 N–H and O–H groups in total. The van der Waals surface area contributed by atoms with E-state index in [0.717, 1.165) is 0 Å². The van der Waals surface area contributed by atoms with Crippen molar-refractivity contribution in [1.29, 1.82) is 5.26 Å². The van der Waals surface area contributed by atoms with Gasteiger partial charge in [-0.05, 0) is 18.2 Å². The average Bonchev–Trinajstić information content (AvgIpc) is 2.46. The molecular weight excluding hydrogens is 249 g/mol. The Hall–Kier alpha value is -2.29. The van der Waals surface area contributed by atoms with E-state index in [0.29, 0.717) is 37.4 Å². The molecule has 0 aromatic heterocycles. The summed E-state index contributed by atoms with van der Waals surface area (Å²) in [6.45, 7) is 2.23. The summed E-state index contributed by atoms with van der Waals surface area (Å²) in [7, 11) is 1.35. The molecule has 1 aromatic rings. The van der Waals surface area contributed by atoms with Gasteiger partial charge in [0.05, 0.1) is 18.4 Å². The minimum absolute atomic E-state index is 0.312. The van der Waals surface area contributed by atoms with Gasteiger partial charge in [0.15, 0.2) is 0 Å². The number of carbonyl (C=O) groups excluding carboxylic acids is 1. The standard InChI is InChI=1S/C13H14FN3O2/c1-19-13(18)17-6-4-16(5-7-17)12-3-2-11(14)8-10(12)9-15/h2-3,8H,4-7H2,1H3. The van der Waals surface area contributed by atoms with Gasteiger partial charge in [-0.15, -0.1) is 0 Å². The van der Waals surface area contributed by atoms with Crippen LogP contribution in [0.5, 0.6) is 0 Å². The highest BCUT2D eigenvalue weighted by atomic mass is 19.1. The number of nitriles is 1. The van der Waals surface area contributed by atoms with E-state index in [2.05, 4.69) is 4.74 Å². The molecule has 19 heavy (non-hydrogen) atoms. The number of hydrogen-bond donors (Lipinski definition) is 0. The molecule has 1 aliphatic heterocycles. The van der Waals surface area contributed by atoms with Gasteiger partial charge in [-0.1, -0.05) is 0 Å². The van der Waals surface area contributed by atoms with Crippen molar-refractivity contribution in [3.8, 4) is 6.07 Å². The highest BCUT2D eigenvalue weighted by molar-refractivity contribution is 5.68. The number of nitrogens with zero attached hydrogens (tertiary/aromatic N) is 3. The maximum atomic E-state index is 13.1. The first-order valence-corrected chi connectivity index (χ1v) is 5.93. The van der Waals surface area contributed by atoms with Gasteiger partial charge in [-0.2, -0.15) is 5.26 Å². The molecule has 100 valence electrons.